The van der Waals surface area contributed by atoms with Crippen molar-refractivity contribution in [3.63, 3.8) is 0 Å². The predicted octanol–water partition coefficient (Wildman–Crippen LogP) is 4.48. The Hall–Kier alpha value is -1.19. The summed E-state index contributed by atoms with van der Waals surface area (Å²) in [7, 11) is 0. The maximum atomic E-state index is 13.0. The van der Waals surface area contributed by atoms with Crippen molar-refractivity contribution in [2.24, 2.45) is 0 Å². The molecular formula is C16H16BrFO. The molecular weight excluding hydrogens is 307 g/mol. The van der Waals surface area contributed by atoms with Crippen LogP contribution in [-0.2, 0) is 6.42 Å². The summed E-state index contributed by atoms with van der Waals surface area (Å²) in [6.07, 6.45) is -0.0949. The fourth-order valence-electron chi connectivity index (χ4n) is 2.17. The van der Waals surface area contributed by atoms with Gasteiger partial charge in [-0.25, -0.2) is 4.39 Å². The van der Waals surface area contributed by atoms with Crippen molar-refractivity contribution in [3.8, 4) is 0 Å². The summed E-state index contributed by atoms with van der Waals surface area (Å²) in [4.78, 5) is 0. The van der Waals surface area contributed by atoms with E-state index in [2.05, 4.69) is 15.9 Å². The molecule has 3 heteroatoms. The molecule has 2 aromatic carbocycles. The van der Waals surface area contributed by atoms with Crippen molar-refractivity contribution in [2.75, 3.05) is 0 Å². The molecule has 2 aromatic rings. The van der Waals surface area contributed by atoms with Crippen LogP contribution >= 0.6 is 15.9 Å². The van der Waals surface area contributed by atoms with Crippen LogP contribution in [0.15, 0.2) is 40.9 Å². The van der Waals surface area contributed by atoms with E-state index in [1.807, 2.05) is 32.0 Å². The van der Waals surface area contributed by atoms with Crippen LogP contribution in [0.1, 0.15) is 28.4 Å². The second kappa shape index (κ2) is 5.85. The Morgan fingerprint density at radius 3 is 2.53 bits per heavy atom. The summed E-state index contributed by atoms with van der Waals surface area (Å²) < 4.78 is 14.0. The minimum atomic E-state index is -0.583. The fraction of sp³-hybridized carbons (Fsp3) is 0.250. The first kappa shape index (κ1) is 14.2. The maximum absolute atomic E-state index is 13.0. The van der Waals surface area contributed by atoms with Gasteiger partial charge in [0, 0.05) is 10.9 Å². The highest BCUT2D eigenvalue weighted by molar-refractivity contribution is 9.10. The van der Waals surface area contributed by atoms with E-state index in [1.54, 1.807) is 6.07 Å². The lowest BCUT2D eigenvalue weighted by Crippen LogP contribution is -2.04. The maximum Gasteiger partial charge on any atom is 0.123 e. The molecule has 0 radical (unpaired) electrons. The molecule has 1 atom stereocenters. The van der Waals surface area contributed by atoms with Crippen LogP contribution in [0, 0.1) is 19.7 Å². The SMILES string of the molecule is Cc1cc(Br)cc(C(O)Cc2ccc(F)cc2C)c1. The third-order valence-corrected chi connectivity index (χ3v) is 3.62. The predicted molar refractivity (Wildman–Crippen MR) is 78.7 cm³/mol. The Labute approximate surface area is 121 Å². The molecule has 0 bridgehead atoms. The van der Waals surface area contributed by atoms with Crippen molar-refractivity contribution in [3.05, 3.63) is 68.9 Å². The van der Waals surface area contributed by atoms with E-state index in [0.717, 1.165) is 26.7 Å². The van der Waals surface area contributed by atoms with E-state index in [0.29, 0.717) is 6.42 Å². The van der Waals surface area contributed by atoms with Gasteiger partial charge in [0.1, 0.15) is 5.82 Å². The van der Waals surface area contributed by atoms with Crippen molar-refractivity contribution >= 4 is 15.9 Å². The molecule has 0 saturated heterocycles. The van der Waals surface area contributed by atoms with Crippen LogP contribution in [0.2, 0.25) is 0 Å². The molecule has 0 aliphatic heterocycles. The van der Waals surface area contributed by atoms with Gasteiger partial charge in [-0.2, -0.15) is 0 Å². The number of aliphatic hydroxyl groups is 1. The van der Waals surface area contributed by atoms with Crippen LogP contribution in [0.4, 0.5) is 4.39 Å². The number of halogens is 2. The first-order chi connectivity index (χ1) is 8.95. The third-order valence-electron chi connectivity index (χ3n) is 3.17. The molecule has 0 aliphatic rings. The smallest absolute Gasteiger partial charge is 0.123 e. The Kier molecular flexibility index (Phi) is 4.38. The summed E-state index contributed by atoms with van der Waals surface area (Å²) in [5.41, 5.74) is 3.80. The van der Waals surface area contributed by atoms with Crippen molar-refractivity contribution in [1.29, 1.82) is 0 Å². The van der Waals surface area contributed by atoms with Crippen molar-refractivity contribution < 1.29 is 9.50 Å². The molecule has 2 rings (SSSR count). The number of hydrogen-bond donors (Lipinski definition) is 1. The summed E-state index contributed by atoms with van der Waals surface area (Å²) in [5, 5.41) is 10.3. The zero-order valence-electron chi connectivity index (χ0n) is 11.0. The summed E-state index contributed by atoms with van der Waals surface area (Å²) in [5.74, 6) is -0.242. The molecule has 1 N–H and O–H groups in total. The lowest BCUT2D eigenvalue weighted by atomic mass is 9.97. The molecule has 0 heterocycles. The molecule has 0 saturated carbocycles. The second-order valence-electron chi connectivity index (χ2n) is 4.85. The largest absolute Gasteiger partial charge is 0.388 e. The van der Waals surface area contributed by atoms with Crippen LogP contribution in [0.25, 0.3) is 0 Å². The van der Waals surface area contributed by atoms with Gasteiger partial charge in [0.25, 0.3) is 0 Å². The van der Waals surface area contributed by atoms with E-state index >= 15 is 0 Å². The van der Waals surface area contributed by atoms with Crippen LogP contribution in [0.3, 0.4) is 0 Å². The Morgan fingerprint density at radius 2 is 1.89 bits per heavy atom. The molecule has 0 aromatic heterocycles. The van der Waals surface area contributed by atoms with Crippen LogP contribution in [0.5, 0.6) is 0 Å². The molecule has 0 spiro atoms. The Balaban J connectivity index is 2.22. The van der Waals surface area contributed by atoms with Crippen molar-refractivity contribution in [1.82, 2.24) is 0 Å². The van der Waals surface area contributed by atoms with Gasteiger partial charge in [-0.1, -0.05) is 28.1 Å². The van der Waals surface area contributed by atoms with Gasteiger partial charge < -0.3 is 5.11 Å². The van der Waals surface area contributed by atoms with Gasteiger partial charge >= 0.3 is 0 Å². The number of rotatable bonds is 3. The third kappa shape index (κ3) is 3.64. The van der Waals surface area contributed by atoms with Gasteiger partial charge in [0.2, 0.25) is 0 Å². The van der Waals surface area contributed by atoms with Gasteiger partial charge in [0.15, 0.2) is 0 Å². The second-order valence-corrected chi connectivity index (χ2v) is 5.77. The number of aliphatic hydroxyl groups excluding tert-OH is 1. The van der Waals surface area contributed by atoms with E-state index in [9.17, 15) is 9.50 Å². The first-order valence-electron chi connectivity index (χ1n) is 6.16. The van der Waals surface area contributed by atoms with Gasteiger partial charge in [-0.15, -0.1) is 0 Å². The van der Waals surface area contributed by atoms with Crippen LogP contribution < -0.4 is 0 Å². The highest BCUT2D eigenvalue weighted by atomic mass is 79.9. The molecule has 1 unspecified atom stereocenters. The Bertz CT molecular complexity index is 575. The standard InChI is InChI=1S/C16H16BrFO/c1-10-5-13(8-14(17)6-10)16(19)9-12-3-4-15(18)7-11(12)2/h3-8,16,19H,9H2,1-2H3. The minimum Gasteiger partial charge on any atom is -0.388 e. The van der Waals surface area contributed by atoms with Gasteiger partial charge in [0.05, 0.1) is 6.10 Å². The normalized spacial score (nSPS) is 12.5. The van der Waals surface area contributed by atoms with Crippen molar-refractivity contribution in [2.45, 2.75) is 26.4 Å². The lowest BCUT2D eigenvalue weighted by molar-refractivity contribution is 0.178. The molecule has 0 amide bonds. The number of hydrogen-bond acceptors (Lipinski definition) is 1. The quantitative estimate of drug-likeness (QED) is 0.883. The molecule has 100 valence electrons. The molecule has 0 fully saturated rings. The number of benzene rings is 2. The van der Waals surface area contributed by atoms with Gasteiger partial charge in [-0.05, 0) is 60.4 Å². The highest BCUT2D eigenvalue weighted by Gasteiger charge is 2.11. The fourth-order valence-corrected chi connectivity index (χ4v) is 2.80. The summed E-state index contributed by atoms with van der Waals surface area (Å²) in [6.45, 7) is 3.85. The summed E-state index contributed by atoms with van der Waals surface area (Å²) >= 11 is 3.43. The molecule has 19 heavy (non-hydrogen) atoms. The average molecular weight is 323 g/mol. The highest BCUT2D eigenvalue weighted by Crippen LogP contribution is 2.24. The zero-order valence-corrected chi connectivity index (χ0v) is 12.5. The van der Waals surface area contributed by atoms with E-state index in [4.69, 9.17) is 0 Å². The van der Waals surface area contributed by atoms with Gasteiger partial charge in [-0.3, -0.25) is 0 Å². The van der Waals surface area contributed by atoms with E-state index in [1.165, 1.54) is 12.1 Å². The first-order valence-corrected chi connectivity index (χ1v) is 6.95. The lowest BCUT2D eigenvalue weighted by Gasteiger charge is -2.14. The summed E-state index contributed by atoms with van der Waals surface area (Å²) in [6, 6.07) is 10.5. The molecule has 0 aliphatic carbocycles. The molecule has 1 nitrogen and oxygen atoms in total. The minimum absolute atomic E-state index is 0.242. The Morgan fingerprint density at radius 1 is 1.16 bits per heavy atom. The monoisotopic (exact) mass is 322 g/mol. The number of aryl methyl sites for hydroxylation is 2. The zero-order chi connectivity index (χ0) is 14.0. The topological polar surface area (TPSA) is 20.2 Å². The average Bonchev–Trinajstić information content (AvgIpc) is 2.31. The van der Waals surface area contributed by atoms with Crippen LogP contribution in [-0.4, -0.2) is 5.11 Å². The van der Waals surface area contributed by atoms with E-state index in [-0.39, 0.29) is 5.82 Å². The van der Waals surface area contributed by atoms with E-state index < -0.39 is 6.10 Å².